The highest BCUT2D eigenvalue weighted by molar-refractivity contribution is 7.93. The van der Waals surface area contributed by atoms with Crippen molar-refractivity contribution in [2.75, 3.05) is 23.3 Å². The predicted octanol–water partition coefficient (Wildman–Crippen LogP) is 2.19. The Morgan fingerprint density at radius 2 is 1.70 bits per heavy atom. The van der Waals surface area contributed by atoms with Crippen LogP contribution >= 0.6 is 0 Å². The number of rotatable bonds is 5. The Balaban J connectivity index is 2.05. The molecule has 0 aromatic heterocycles. The zero-order chi connectivity index (χ0) is 22.1. The minimum Gasteiger partial charge on any atom is -0.465 e. The molecule has 0 spiro atoms. The lowest BCUT2D eigenvalue weighted by atomic mass is 10.1. The molecule has 1 aliphatic heterocycles. The molecule has 9 nitrogen and oxygen atoms in total. The monoisotopic (exact) mass is 432 g/mol. The lowest BCUT2D eigenvalue weighted by molar-refractivity contribution is -0.117. The number of nitrogens with one attached hydrogen (secondary N) is 1. The number of ether oxygens (including phenoxy) is 2. The van der Waals surface area contributed by atoms with E-state index in [-0.39, 0.29) is 34.0 Å². The number of sulfonamides is 1. The number of anilines is 2. The van der Waals surface area contributed by atoms with Gasteiger partial charge in [0.1, 0.15) is 6.04 Å². The zero-order valence-electron chi connectivity index (χ0n) is 16.5. The van der Waals surface area contributed by atoms with E-state index >= 15 is 0 Å². The number of amides is 1. The van der Waals surface area contributed by atoms with Crippen LogP contribution in [0.5, 0.6) is 0 Å². The molecule has 3 rings (SSSR count). The molecule has 1 amide bonds. The van der Waals surface area contributed by atoms with Crippen LogP contribution < -0.4 is 9.62 Å². The first kappa shape index (κ1) is 21.3. The molecule has 10 heteroatoms. The average molecular weight is 432 g/mol. The Labute approximate surface area is 173 Å². The van der Waals surface area contributed by atoms with Gasteiger partial charge in [-0.3, -0.25) is 9.10 Å². The van der Waals surface area contributed by atoms with Crippen LogP contribution in [0.3, 0.4) is 0 Å². The van der Waals surface area contributed by atoms with E-state index in [1.54, 1.807) is 6.92 Å². The molecule has 1 N–H and O–H groups in total. The third-order valence-corrected chi connectivity index (χ3v) is 6.47. The van der Waals surface area contributed by atoms with E-state index in [0.29, 0.717) is 0 Å². The van der Waals surface area contributed by atoms with Crippen molar-refractivity contribution in [2.45, 2.75) is 24.8 Å². The standard InChI is InChI=1S/C20H20N2O7S/c1-4-29-20(25)14-7-10-17-16(11-14)21-18(23)12(2)22(17)30(26,27)15-8-5-13(6-9-15)19(24)28-3/h5-12H,4H2,1-3H3,(H,21,23). The molecule has 0 saturated carbocycles. The summed E-state index contributed by atoms with van der Waals surface area (Å²) >= 11 is 0. The molecule has 1 aliphatic rings. The number of benzene rings is 2. The van der Waals surface area contributed by atoms with Crippen molar-refractivity contribution in [1.82, 2.24) is 0 Å². The molecule has 158 valence electrons. The second kappa shape index (κ2) is 8.15. The molecule has 1 atom stereocenters. The Hall–Kier alpha value is -3.40. The fourth-order valence-electron chi connectivity index (χ4n) is 3.05. The van der Waals surface area contributed by atoms with Crippen LogP contribution in [0.2, 0.25) is 0 Å². The van der Waals surface area contributed by atoms with Crippen LogP contribution in [0.25, 0.3) is 0 Å². The van der Waals surface area contributed by atoms with Crippen molar-refractivity contribution in [2.24, 2.45) is 0 Å². The van der Waals surface area contributed by atoms with E-state index < -0.39 is 33.9 Å². The highest BCUT2D eigenvalue weighted by Crippen LogP contribution is 2.37. The molecule has 0 saturated heterocycles. The van der Waals surface area contributed by atoms with Gasteiger partial charge < -0.3 is 14.8 Å². The minimum atomic E-state index is -4.15. The first-order valence-electron chi connectivity index (χ1n) is 9.05. The predicted molar refractivity (Wildman–Crippen MR) is 108 cm³/mol. The molecular weight excluding hydrogens is 412 g/mol. The fraction of sp³-hybridized carbons (Fsp3) is 0.250. The van der Waals surface area contributed by atoms with Crippen LogP contribution in [0, 0.1) is 0 Å². The Bertz CT molecular complexity index is 1110. The Kier molecular flexibility index (Phi) is 5.79. The highest BCUT2D eigenvalue weighted by atomic mass is 32.2. The molecule has 1 heterocycles. The van der Waals surface area contributed by atoms with Gasteiger partial charge in [-0.05, 0) is 56.3 Å². The van der Waals surface area contributed by atoms with Gasteiger partial charge in [0.25, 0.3) is 10.0 Å². The van der Waals surface area contributed by atoms with Gasteiger partial charge in [0.15, 0.2) is 0 Å². The summed E-state index contributed by atoms with van der Waals surface area (Å²) in [5.74, 6) is -1.72. The molecule has 1 unspecified atom stereocenters. The van der Waals surface area contributed by atoms with Crippen molar-refractivity contribution in [3.8, 4) is 0 Å². The molecule has 2 aromatic carbocycles. The van der Waals surface area contributed by atoms with E-state index in [1.165, 1.54) is 56.5 Å². The van der Waals surface area contributed by atoms with Gasteiger partial charge in [0, 0.05) is 0 Å². The zero-order valence-corrected chi connectivity index (χ0v) is 17.4. The molecule has 2 aromatic rings. The van der Waals surface area contributed by atoms with E-state index in [2.05, 4.69) is 10.1 Å². The molecule has 0 fully saturated rings. The van der Waals surface area contributed by atoms with E-state index in [0.717, 1.165) is 4.31 Å². The second-order valence-electron chi connectivity index (χ2n) is 6.43. The summed E-state index contributed by atoms with van der Waals surface area (Å²) in [6.45, 7) is 3.30. The number of nitrogens with zero attached hydrogens (tertiary/aromatic N) is 1. The maximum absolute atomic E-state index is 13.3. The van der Waals surface area contributed by atoms with E-state index in [9.17, 15) is 22.8 Å². The van der Waals surface area contributed by atoms with Gasteiger partial charge >= 0.3 is 11.9 Å². The maximum atomic E-state index is 13.3. The summed E-state index contributed by atoms with van der Waals surface area (Å²) in [6, 6.07) is 8.43. The largest absolute Gasteiger partial charge is 0.465 e. The number of hydrogen-bond donors (Lipinski definition) is 1. The molecule has 0 aliphatic carbocycles. The normalized spacial score (nSPS) is 15.8. The SMILES string of the molecule is CCOC(=O)c1ccc2c(c1)NC(=O)C(C)N2S(=O)(=O)c1ccc(C(=O)OC)cc1. The number of hydrogen-bond acceptors (Lipinski definition) is 7. The van der Waals surface area contributed by atoms with Crippen molar-refractivity contribution >= 4 is 39.2 Å². The summed E-state index contributed by atoms with van der Waals surface area (Å²) in [6.07, 6.45) is 0. The smallest absolute Gasteiger partial charge is 0.338 e. The third kappa shape index (κ3) is 3.73. The maximum Gasteiger partial charge on any atom is 0.338 e. The highest BCUT2D eigenvalue weighted by Gasteiger charge is 2.38. The quantitative estimate of drug-likeness (QED) is 0.719. The number of esters is 2. The lowest BCUT2D eigenvalue weighted by Crippen LogP contribution is -2.49. The molecular formula is C20H20N2O7S. The number of fused-ring (bicyclic) bond motifs is 1. The molecule has 0 bridgehead atoms. The number of methoxy groups -OCH3 is 1. The number of carbonyl (C=O) groups excluding carboxylic acids is 3. The summed E-state index contributed by atoms with van der Waals surface area (Å²) in [4.78, 5) is 35.9. The third-order valence-electron chi connectivity index (χ3n) is 4.57. The fourth-order valence-corrected chi connectivity index (χ4v) is 4.69. The minimum absolute atomic E-state index is 0.0999. The van der Waals surface area contributed by atoms with Crippen LogP contribution in [-0.4, -0.2) is 46.0 Å². The summed E-state index contributed by atoms with van der Waals surface area (Å²) < 4.78 is 37.2. The van der Waals surface area contributed by atoms with Gasteiger partial charge in [-0.15, -0.1) is 0 Å². The van der Waals surface area contributed by atoms with Crippen molar-refractivity contribution in [3.63, 3.8) is 0 Å². The van der Waals surface area contributed by atoms with Gasteiger partial charge in [-0.2, -0.15) is 0 Å². The van der Waals surface area contributed by atoms with Gasteiger partial charge in [0.2, 0.25) is 5.91 Å². The van der Waals surface area contributed by atoms with Crippen LogP contribution in [0.15, 0.2) is 47.4 Å². The van der Waals surface area contributed by atoms with Crippen molar-refractivity contribution in [1.29, 1.82) is 0 Å². The number of carbonyl (C=O) groups is 3. The van der Waals surface area contributed by atoms with Gasteiger partial charge in [-0.1, -0.05) is 0 Å². The van der Waals surface area contributed by atoms with Gasteiger partial charge in [0.05, 0.1) is 41.1 Å². The summed E-state index contributed by atoms with van der Waals surface area (Å²) in [5.41, 5.74) is 0.774. The molecule has 0 radical (unpaired) electrons. The van der Waals surface area contributed by atoms with Crippen molar-refractivity contribution in [3.05, 3.63) is 53.6 Å². The summed E-state index contributed by atoms with van der Waals surface area (Å²) in [5, 5.41) is 2.62. The first-order chi connectivity index (χ1) is 14.2. The Morgan fingerprint density at radius 3 is 2.30 bits per heavy atom. The second-order valence-corrected chi connectivity index (χ2v) is 8.25. The summed E-state index contributed by atoms with van der Waals surface area (Å²) in [7, 11) is -2.92. The van der Waals surface area contributed by atoms with E-state index in [4.69, 9.17) is 4.74 Å². The van der Waals surface area contributed by atoms with Gasteiger partial charge in [-0.25, -0.2) is 18.0 Å². The van der Waals surface area contributed by atoms with E-state index in [1.807, 2.05) is 0 Å². The molecule has 30 heavy (non-hydrogen) atoms. The van der Waals surface area contributed by atoms with Crippen molar-refractivity contribution < 1.29 is 32.3 Å². The van der Waals surface area contributed by atoms with Crippen LogP contribution in [0.4, 0.5) is 11.4 Å². The Morgan fingerprint density at radius 1 is 1.07 bits per heavy atom. The topological polar surface area (TPSA) is 119 Å². The van der Waals surface area contributed by atoms with Crippen LogP contribution in [0.1, 0.15) is 34.6 Å². The first-order valence-corrected chi connectivity index (χ1v) is 10.5. The lowest BCUT2D eigenvalue weighted by Gasteiger charge is -2.35. The average Bonchev–Trinajstić information content (AvgIpc) is 2.73. The van der Waals surface area contributed by atoms with Crippen LogP contribution in [-0.2, 0) is 24.3 Å².